The minimum absolute atomic E-state index is 0.158. The number of carbonyl (C=O) groups excluding carboxylic acids is 1. The zero-order valence-corrected chi connectivity index (χ0v) is 15.7. The van der Waals surface area contributed by atoms with Gasteiger partial charge in [0.05, 0.1) is 11.3 Å². The Morgan fingerprint density at radius 1 is 1.18 bits per heavy atom. The van der Waals surface area contributed by atoms with E-state index in [-0.39, 0.29) is 28.6 Å². The molecule has 0 bridgehead atoms. The summed E-state index contributed by atoms with van der Waals surface area (Å²) < 4.78 is 24.9. The minimum atomic E-state index is -4.19. The van der Waals surface area contributed by atoms with E-state index in [0.717, 1.165) is 24.0 Å². The van der Waals surface area contributed by atoms with Crippen molar-refractivity contribution in [3.05, 3.63) is 58.7 Å². The van der Waals surface area contributed by atoms with Crippen LogP contribution in [-0.2, 0) is 10.0 Å². The third-order valence-electron chi connectivity index (χ3n) is 5.32. The van der Waals surface area contributed by atoms with Gasteiger partial charge in [-0.2, -0.15) is 0 Å². The first-order valence-electron chi connectivity index (χ1n) is 8.90. The molecule has 1 amide bonds. The van der Waals surface area contributed by atoms with E-state index in [9.17, 15) is 23.1 Å². The highest BCUT2D eigenvalue weighted by molar-refractivity contribution is 7.89. The molecule has 0 saturated carbocycles. The van der Waals surface area contributed by atoms with E-state index in [1.807, 2.05) is 6.07 Å². The van der Waals surface area contributed by atoms with Crippen LogP contribution in [0.25, 0.3) is 0 Å². The van der Waals surface area contributed by atoms with E-state index >= 15 is 0 Å². The number of sulfonamides is 1. The maximum Gasteiger partial charge on any atom is 0.337 e. The molecule has 28 heavy (non-hydrogen) atoms. The van der Waals surface area contributed by atoms with Crippen molar-refractivity contribution in [2.45, 2.75) is 30.1 Å². The fourth-order valence-corrected chi connectivity index (χ4v) is 4.85. The van der Waals surface area contributed by atoms with Gasteiger partial charge in [0, 0.05) is 18.0 Å². The average Bonchev–Trinajstić information content (AvgIpc) is 3.38. The highest BCUT2D eigenvalue weighted by Gasteiger charge is 2.40. The van der Waals surface area contributed by atoms with Gasteiger partial charge in [-0.05, 0) is 42.2 Å². The molecule has 2 aliphatic rings. The molecule has 0 aromatic heterocycles. The van der Waals surface area contributed by atoms with Gasteiger partial charge in [0.2, 0.25) is 0 Å². The van der Waals surface area contributed by atoms with Crippen LogP contribution in [0, 0.1) is 0 Å². The first-order valence-corrected chi connectivity index (χ1v) is 10.4. The monoisotopic (exact) mass is 401 g/mol. The van der Waals surface area contributed by atoms with E-state index in [4.69, 9.17) is 5.84 Å². The second-order valence-electron chi connectivity index (χ2n) is 6.89. The Morgan fingerprint density at radius 2 is 1.93 bits per heavy atom. The number of nitrogens with zero attached hydrogens (tertiary/aromatic N) is 1. The summed E-state index contributed by atoms with van der Waals surface area (Å²) in [6.07, 6.45) is 2.39. The normalized spacial score (nSPS) is 18.7. The van der Waals surface area contributed by atoms with E-state index < -0.39 is 21.9 Å². The molecular weight excluding hydrogens is 382 g/mol. The molecule has 4 rings (SSSR count). The Balaban J connectivity index is 1.93. The lowest BCUT2D eigenvalue weighted by molar-refractivity contribution is 0.0697. The van der Waals surface area contributed by atoms with Gasteiger partial charge in [0.25, 0.3) is 15.9 Å². The number of benzene rings is 2. The fourth-order valence-electron chi connectivity index (χ4n) is 3.99. The largest absolute Gasteiger partial charge is 0.478 e. The highest BCUT2D eigenvalue weighted by Crippen LogP contribution is 2.50. The number of carboxylic acids is 1. The van der Waals surface area contributed by atoms with Gasteiger partial charge >= 0.3 is 5.97 Å². The Kier molecular flexibility index (Phi) is 4.45. The van der Waals surface area contributed by atoms with E-state index in [2.05, 4.69) is 0 Å². The number of hydrazine groups is 1. The molecule has 9 heteroatoms. The lowest BCUT2D eigenvalue weighted by Crippen LogP contribution is -2.37. The molecule has 1 unspecified atom stereocenters. The van der Waals surface area contributed by atoms with Crippen molar-refractivity contribution in [1.82, 2.24) is 4.83 Å². The summed E-state index contributed by atoms with van der Waals surface area (Å²) >= 11 is 0. The number of hydrogen-bond acceptors (Lipinski definition) is 5. The predicted octanol–water partition coefficient (Wildman–Crippen LogP) is 1.81. The summed E-state index contributed by atoms with van der Waals surface area (Å²) in [6.45, 7) is 0.215. The molecule has 1 atom stereocenters. The molecule has 0 spiro atoms. The fraction of sp³-hybridized carbons (Fsp3) is 0.263. The van der Waals surface area contributed by atoms with Gasteiger partial charge in [-0.3, -0.25) is 10.6 Å². The topological polar surface area (TPSA) is 130 Å². The van der Waals surface area contributed by atoms with Gasteiger partial charge < -0.3 is 10.0 Å². The molecule has 2 aromatic rings. The third kappa shape index (κ3) is 2.88. The van der Waals surface area contributed by atoms with Crippen LogP contribution in [0.2, 0.25) is 0 Å². The lowest BCUT2D eigenvalue weighted by atomic mass is 10.1. The highest BCUT2D eigenvalue weighted by atomic mass is 32.2. The Labute approximate surface area is 162 Å². The van der Waals surface area contributed by atoms with Crippen LogP contribution < -0.4 is 15.6 Å². The number of hydrogen-bond donors (Lipinski definition) is 3. The van der Waals surface area contributed by atoms with Crippen molar-refractivity contribution in [2.24, 2.45) is 5.84 Å². The number of anilines is 1. The van der Waals surface area contributed by atoms with Crippen LogP contribution in [-0.4, -0.2) is 31.9 Å². The molecule has 1 heterocycles. The third-order valence-corrected chi connectivity index (χ3v) is 6.54. The van der Waals surface area contributed by atoms with Gasteiger partial charge in [-0.15, -0.1) is 4.83 Å². The summed E-state index contributed by atoms with van der Waals surface area (Å²) in [5, 5.41) is 9.64. The van der Waals surface area contributed by atoms with Crippen LogP contribution in [0.4, 0.5) is 5.69 Å². The van der Waals surface area contributed by atoms with E-state index in [1.54, 1.807) is 17.0 Å². The van der Waals surface area contributed by atoms with E-state index in [1.165, 1.54) is 23.1 Å². The Bertz CT molecular complexity index is 1100. The molecule has 1 aliphatic heterocycles. The Hall–Kier alpha value is -2.75. The molecule has 1 aliphatic carbocycles. The van der Waals surface area contributed by atoms with Gasteiger partial charge in [-0.1, -0.05) is 24.6 Å². The number of fused-ring (bicyclic) bond motifs is 1. The molecular formula is C19H19N3O5S. The molecule has 146 valence electrons. The second-order valence-corrected chi connectivity index (χ2v) is 8.57. The molecule has 0 radical (unpaired) electrons. The molecule has 8 nitrogen and oxygen atoms in total. The number of carboxylic acid groups (broad SMARTS) is 1. The zero-order chi connectivity index (χ0) is 20.1. The first kappa shape index (κ1) is 18.6. The first-order chi connectivity index (χ1) is 13.4. The smallest absolute Gasteiger partial charge is 0.337 e. The van der Waals surface area contributed by atoms with Crippen molar-refractivity contribution in [3.8, 4) is 0 Å². The van der Waals surface area contributed by atoms with Crippen molar-refractivity contribution < 1.29 is 23.1 Å². The lowest BCUT2D eigenvalue weighted by Gasteiger charge is -2.26. The zero-order valence-electron chi connectivity index (χ0n) is 14.9. The molecule has 2 aromatic carbocycles. The standard InChI is InChI=1S/C19H19N3O5S/c20-21-28(26,27)15-9-4-8-14(19(24)25)17(15)22-10-2-1-5-11-12-6-3-7-13(16(11)12)18(22)23/h3-4,6-9,11,21H,1-2,5,10,20H2,(H,24,25). The average molecular weight is 401 g/mol. The number of nitrogens with two attached hydrogens (primary N) is 1. The van der Waals surface area contributed by atoms with Gasteiger partial charge in [0.1, 0.15) is 4.90 Å². The van der Waals surface area contributed by atoms with Crippen LogP contribution >= 0.6 is 0 Å². The maximum absolute atomic E-state index is 13.4. The van der Waals surface area contributed by atoms with Crippen molar-refractivity contribution in [2.75, 3.05) is 11.4 Å². The number of rotatable bonds is 4. The van der Waals surface area contributed by atoms with Crippen LogP contribution in [0.15, 0.2) is 41.3 Å². The van der Waals surface area contributed by atoms with Crippen LogP contribution in [0.5, 0.6) is 0 Å². The van der Waals surface area contributed by atoms with Crippen LogP contribution in [0.1, 0.15) is 57.0 Å². The summed E-state index contributed by atoms with van der Waals surface area (Å²) in [7, 11) is -4.19. The van der Waals surface area contributed by atoms with Gasteiger partial charge in [0.15, 0.2) is 0 Å². The van der Waals surface area contributed by atoms with Crippen molar-refractivity contribution in [1.29, 1.82) is 0 Å². The van der Waals surface area contributed by atoms with Crippen molar-refractivity contribution in [3.63, 3.8) is 0 Å². The summed E-state index contributed by atoms with van der Waals surface area (Å²) in [5.74, 6) is 3.71. The predicted molar refractivity (Wildman–Crippen MR) is 102 cm³/mol. The maximum atomic E-state index is 13.4. The number of carbonyl (C=O) groups is 2. The summed E-state index contributed by atoms with van der Waals surface area (Å²) in [4.78, 5) is 27.9. The summed E-state index contributed by atoms with van der Waals surface area (Å²) in [5.41, 5.74) is 2.19. The number of nitrogens with one attached hydrogen (secondary N) is 1. The second kappa shape index (κ2) is 6.69. The van der Waals surface area contributed by atoms with E-state index in [0.29, 0.717) is 12.0 Å². The molecule has 4 N–H and O–H groups in total. The summed E-state index contributed by atoms with van der Waals surface area (Å²) in [6, 6.07) is 9.34. The number of para-hydroxylation sites is 1. The molecule has 0 saturated heterocycles. The minimum Gasteiger partial charge on any atom is -0.478 e. The number of amides is 1. The van der Waals surface area contributed by atoms with Crippen LogP contribution in [0.3, 0.4) is 0 Å². The van der Waals surface area contributed by atoms with Gasteiger partial charge in [-0.25, -0.2) is 13.2 Å². The quantitative estimate of drug-likeness (QED) is 0.529. The Morgan fingerprint density at radius 3 is 2.64 bits per heavy atom. The number of aromatic carboxylic acids is 1. The SMILES string of the molecule is NNS(=O)(=O)c1cccc(C(=O)O)c1N1CCCCC2c3cccc(c32)C1=O. The molecule has 0 fully saturated rings. The van der Waals surface area contributed by atoms with Crippen molar-refractivity contribution >= 4 is 27.6 Å².